The van der Waals surface area contributed by atoms with Crippen molar-refractivity contribution in [3.05, 3.63) is 50.9 Å². The Kier molecular flexibility index (Phi) is 5.16. The smallest absolute Gasteiger partial charge is 0.228 e. The average molecular weight is 418 g/mol. The Morgan fingerprint density at radius 2 is 2.19 bits per heavy atom. The Bertz CT molecular complexity index is 1050. The summed E-state index contributed by atoms with van der Waals surface area (Å²) in [5, 5.41) is 4.90. The van der Waals surface area contributed by atoms with Crippen molar-refractivity contribution in [3.8, 4) is 0 Å². The molecule has 0 radical (unpaired) electrons. The largest absolute Gasteiger partial charge is 0.356 e. The summed E-state index contributed by atoms with van der Waals surface area (Å²) in [7, 11) is 0. The highest BCUT2D eigenvalue weighted by atomic mass is 35.5. The molecular weight excluding hydrogens is 402 g/mol. The van der Waals surface area contributed by atoms with Crippen molar-refractivity contribution < 1.29 is 9.59 Å². The predicted molar refractivity (Wildman–Crippen MR) is 109 cm³/mol. The van der Waals surface area contributed by atoms with Crippen LogP contribution in [0.3, 0.4) is 0 Å². The van der Waals surface area contributed by atoms with Crippen molar-refractivity contribution in [3.63, 3.8) is 0 Å². The zero-order valence-electron chi connectivity index (χ0n) is 14.5. The van der Waals surface area contributed by atoms with Crippen molar-refractivity contribution in [2.75, 3.05) is 12.3 Å². The van der Waals surface area contributed by atoms with Gasteiger partial charge in [0.05, 0.1) is 32.5 Å². The molecule has 4 rings (SSSR count). The first kappa shape index (κ1) is 18.4. The van der Waals surface area contributed by atoms with Crippen LogP contribution in [0.4, 0.5) is 0 Å². The van der Waals surface area contributed by atoms with E-state index in [0.29, 0.717) is 27.3 Å². The molecule has 1 aliphatic heterocycles. The van der Waals surface area contributed by atoms with Crippen LogP contribution in [0.5, 0.6) is 0 Å². The van der Waals surface area contributed by atoms with Crippen molar-refractivity contribution in [1.82, 2.24) is 15.3 Å². The number of thioether (sulfide) groups is 1. The first-order valence-corrected chi connectivity index (χ1v) is 10.7. The lowest BCUT2D eigenvalue weighted by Crippen LogP contribution is -2.17. The number of rotatable bonds is 5. The van der Waals surface area contributed by atoms with E-state index in [1.165, 1.54) is 23.1 Å². The second-order valence-electron chi connectivity index (χ2n) is 6.26. The van der Waals surface area contributed by atoms with Gasteiger partial charge in [-0.15, -0.1) is 11.3 Å². The van der Waals surface area contributed by atoms with Gasteiger partial charge in [-0.25, -0.2) is 9.97 Å². The molecule has 1 fully saturated rings. The normalized spacial score (nSPS) is 16.7. The van der Waals surface area contributed by atoms with Gasteiger partial charge >= 0.3 is 0 Å². The molecule has 1 aliphatic rings. The lowest BCUT2D eigenvalue weighted by Gasteiger charge is -2.07. The van der Waals surface area contributed by atoms with Gasteiger partial charge in [-0.05, 0) is 37.6 Å². The van der Waals surface area contributed by atoms with Gasteiger partial charge in [-0.1, -0.05) is 29.4 Å². The van der Waals surface area contributed by atoms with E-state index in [-0.39, 0.29) is 23.4 Å². The number of benzene rings is 1. The summed E-state index contributed by atoms with van der Waals surface area (Å²) in [4.78, 5) is 35.0. The summed E-state index contributed by atoms with van der Waals surface area (Å²) >= 11 is 9.09. The minimum atomic E-state index is -0.128. The first-order valence-electron chi connectivity index (χ1n) is 8.49. The zero-order chi connectivity index (χ0) is 19.0. The number of thiophene rings is 1. The fraction of sp³-hybridized carbons (Fsp3) is 0.263. The number of hydrogen-bond donors (Lipinski definition) is 1. The van der Waals surface area contributed by atoms with Crippen LogP contribution in [-0.4, -0.2) is 34.0 Å². The Hall–Kier alpha value is -1.96. The average Bonchev–Trinajstić information content (AvgIpc) is 3.28. The summed E-state index contributed by atoms with van der Waals surface area (Å²) in [6.45, 7) is 2.52. The molecule has 5 nitrogen and oxygen atoms in total. The molecule has 3 heterocycles. The number of nitrogens with one attached hydrogen (secondary N) is 1. The molecule has 1 N–H and O–H groups in total. The highest BCUT2D eigenvalue weighted by molar-refractivity contribution is 8.00. The van der Waals surface area contributed by atoms with Gasteiger partial charge in [0.15, 0.2) is 5.78 Å². The molecule has 0 spiro atoms. The number of carbonyl (C=O) groups excluding carboxylic acids is 2. The quantitative estimate of drug-likeness (QED) is 0.382. The second-order valence-corrected chi connectivity index (χ2v) is 8.74. The molecule has 1 unspecified atom stereocenters. The number of aryl methyl sites for hydroxylation is 1. The van der Waals surface area contributed by atoms with Crippen LogP contribution in [0, 0.1) is 6.92 Å². The fourth-order valence-corrected chi connectivity index (χ4v) is 5.55. The number of carbonyl (C=O) groups is 2. The van der Waals surface area contributed by atoms with E-state index in [9.17, 15) is 9.59 Å². The second kappa shape index (κ2) is 7.58. The third-order valence-electron chi connectivity index (χ3n) is 4.38. The molecule has 2 aromatic heterocycles. The number of halogens is 1. The monoisotopic (exact) mass is 417 g/mol. The summed E-state index contributed by atoms with van der Waals surface area (Å²) in [5.41, 5.74) is 0.774. The molecule has 0 saturated carbocycles. The van der Waals surface area contributed by atoms with E-state index in [2.05, 4.69) is 15.3 Å². The lowest BCUT2D eigenvalue weighted by atomic mass is 10.1. The van der Waals surface area contributed by atoms with Gasteiger partial charge in [0.25, 0.3) is 0 Å². The summed E-state index contributed by atoms with van der Waals surface area (Å²) in [6.07, 6.45) is 0.784. The Labute approximate surface area is 169 Å². The van der Waals surface area contributed by atoms with Gasteiger partial charge in [0.1, 0.15) is 10.9 Å². The maximum Gasteiger partial charge on any atom is 0.228 e. The highest BCUT2D eigenvalue weighted by Crippen LogP contribution is 2.33. The van der Waals surface area contributed by atoms with Gasteiger partial charge in [-0.3, -0.25) is 9.59 Å². The van der Waals surface area contributed by atoms with E-state index in [0.717, 1.165) is 22.2 Å². The minimum Gasteiger partial charge on any atom is -0.356 e. The van der Waals surface area contributed by atoms with Crippen molar-refractivity contribution in [2.24, 2.45) is 0 Å². The van der Waals surface area contributed by atoms with Crippen LogP contribution in [0.15, 0.2) is 35.4 Å². The van der Waals surface area contributed by atoms with Gasteiger partial charge in [-0.2, -0.15) is 0 Å². The van der Waals surface area contributed by atoms with Crippen LogP contribution in [0.1, 0.15) is 32.7 Å². The summed E-state index contributed by atoms with van der Waals surface area (Å²) < 4.78 is 0. The van der Waals surface area contributed by atoms with Gasteiger partial charge in [0, 0.05) is 11.4 Å². The molecule has 138 valence electrons. The minimum absolute atomic E-state index is 0.0196. The molecule has 27 heavy (non-hydrogen) atoms. The number of ketones is 1. The number of amides is 1. The molecule has 1 atom stereocenters. The van der Waals surface area contributed by atoms with Crippen LogP contribution in [0.25, 0.3) is 10.9 Å². The van der Waals surface area contributed by atoms with E-state index >= 15 is 0 Å². The number of Topliss-reactive ketones (excluding diaryl/α,β-unsaturated/α-hetero) is 1. The van der Waals surface area contributed by atoms with Gasteiger partial charge < -0.3 is 5.32 Å². The van der Waals surface area contributed by atoms with Crippen molar-refractivity contribution in [2.45, 2.75) is 24.3 Å². The highest BCUT2D eigenvalue weighted by Gasteiger charge is 2.27. The third-order valence-corrected chi connectivity index (χ3v) is 6.92. The topological polar surface area (TPSA) is 72.0 Å². The van der Waals surface area contributed by atoms with Crippen LogP contribution < -0.4 is 5.32 Å². The standard InChI is InChI=1S/C19H16ClN3O2S2/c1-10-22-13-4-2-3-12(20)17(13)19(23-10)26-9-14(24)16-6-5-15(27-16)11-7-8-21-18(11)25/h2-6,11H,7-9H2,1H3,(H,21,25). The first-order chi connectivity index (χ1) is 13.0. The predicted octanol–water partition coefficient (Wildman–Crippen LogP) is 4.23. The van der Waals surface area contributed by atoms with E-state index in [1.807, 2.05) is 31.2 Å². The Morgan fingerprint density at radius 3 is 2.96 bits per heavy atom. The number of nitrogens with zero attached hydrogens (tertiary/aromatic N) is 2. The summed E-state index contributed by atoms with van der Waals surface area (Å²) in [5.74, 6) is 0.837. The van der Waals surface area contributed by atoms with Crippen LogP contribution >= 0.6 is 34.7 Å². The molecule has 1 saturated heterocycles. The Morgan fingerprint density at radius 1 is 1.33 bits per heavy atom. The molecule has 1 aromatic carbocycles. The molecule has 3 aromatic rings. The number of aromatic nitrogens is 2. The van der Waals surface area contributed by atoms with E-state index in [1.54, 1.807) is 6.07 Å². The van der Waals surface area contributed by atoms with Gasteiger partial charge in [0.2, 0.25) is 5.91 Å². The van der Waals surface area contributed by atoms with Crippen LogP contribution in [-0.2, 0) is 4.79 Å². The SMILES string of the molecule is Cc1nc(SCC(=O)c2ccc(C3CCNC3=O)s2)c2c(Cl)cccc2n1. The number of fused-ring (bicyclic) bond motifs is 1. The van der Waals surface area contributed by atoms with Crippen molar-refractivity contribution >= 4 is 57.3 Å². The maximum absolute atomic E-state index is 12.6. The maximum atomic E-state index is 12.6. The number of hydrogen-bond acceptors (Lipinski definition) is 6. The summed E-state index contributed by atoms with van der Waals surface area (Å²) in [6, 6.07) is 9.24. The van der Waals surface area contributed by atoms with Crippen molar-refractivity contribution in [1.29, 1.82) is 0 Å². The Balaban J connectivity index is 1.53. The zero-order valence-corrected chi connectivity index (χ0v) is 16.9. The van der Waals surface area contributed by atoms with Crippen LogP contribution in [0.2, 0.25) is 5.02 Å². The molecule has 8 heteroatoms. The fourth-order valence-electron chi connectivity index (χ4n) is 3.08. The lowest BCUT2D eigenvalue weighted by molar-refractivity contribution is -0.120. The third kappa shape index (κ3) is 3.72. The molecular formula is C19H16ClN3O2S2. The molecule has 0 bridgehead atoms. The molecule has 1 amide bonds. The van der Waals surface area contributed by atoms with E-state index < -0.39 is 0 Å². The molecule has 0 aliphatic carbocycles. The van der Waals surface area contributed by atoms with E-state index in [4.69, 9.17) is 11.6 Å².